The molecule has 172 valence electrons. The van der Waals surface area contributed by atoms with Gasteiger partial charge in [-0.05, 0) is 48.0 Å². The monoisotopic (exact) mass is 463 g/mol. The lowest BCUT2D eigenvalue weighted by Crippen LogP contribution is -2.31. The van der Waals surface area contributed by atoms with E-state index in [-0.39, 0.29) is 5.75 Å². The lowest BCUT2D eigenvalue weighted by molar-refractivity contribution is -0.274. The molecule has 0 saturated carbocycles. The van der Waals surface area contributed by atoms with E-state index in [1.54, 1.807) is 30.7 Å². The van der Waals surface area contributed by atoms with Crippen LogP contribution in [0.3, 0.4) is 0 Å². The molecule has 34 heavy (non-hydrogen) atoms. The van der Waals surface area contributed by atoms with Crippen LogP contribution in [-0.4, -0.2) is 37.7 Å². The van der Waals surface area contributed by atoms with Crippen molar-refractivity contribution in [3.05, 3.63) is 90.1 Å². The summed E-state index contributed by atoms with van der Waals surface area (Å²) in [6.45, 7) is 2.36. The van der Waals surface area contributed by atoms with Crippen molar-refractivity contribution in [2.45, 2.75) is 25.9 Å². The average Bonchev–Trinajstić information content (AvgIpc) is 2.84. The number of benzene rings is 1. The molecule has 1 aromatic carbocycles. The highest BCUT2D eigenvalue weighted by Gasteiger charge is 2.31. The highest BCUT2D eigenvalue weighted by Crippen LogP contribution is 2.26. The predicted octanol–water partition coefficient (Wildman–Crippen LogP) is 5.06. The normalized spacial score (nSPS) is 14.0. The Hall–Kier alpha value is -3.85. The largest absolute Gasteiger partial charge is 0.573 e. The quantitative estimate of drug-likeness (QED) is 0.412. The van der Waals surface area contributed by atoms with Gasteiger partial charge in [0.1, 0.15) is 5.75 Å². The van der Waals surface area contributed by atoms with Gasteiger partial charge in [-0.3, -0.25) is 14.9 Å². The van der Waals surface area contributed by atoms with Crippen LogP contribution in [0.4, 0.5) is 13.2 Å². The van der Waals surface area contributed by atoms with Crippen LogP contribution in [0.15, 0.2) is 73.3 Å². The van der Waals surface area contributed by atoms with Crippen LogP contribution in [0, 0.1) is 0 Å². The molecule has 5 rings (SSSR count). The Balaban J connectivity index is 1.22. The number of aromatic nitrogens is 4. The fraction of sp³-hybridized carbons (Fsp3) is 0.200. The molecule has 4 heterocycles. The van der Waals surface area contributed by atoms with Gasteiger partial charge in [0.25, 0.3) is 0 Å². The van der Waals surface area contributed by atoms with Gasteiger partial charge in [0, 0.05) is 67.5 Å². The second-order valence-corrected chi connectivity index (χ2v) is 7.99. The topological polar surface area (TPSA) is 64.0 Å². The summed E-state index contributed by atoms with van der Waals surface area (Å²) in [5.74, 6) is 0.438. The van der Waals surface area contributed by atoms with Crippen molar-refractivity contribution in [2.75, 3.05) is 6.54 Å². The zero-order chi connectivity index (χ0) is 23.5. The Morgan fingerprint density at radius 2 is 1.76 bits per heavy atom. The Kier molecular flexibility index (Phi) is 5.93. The number of hydrogen-bond donors (Lipinski definition) is 0. The van der Waals surface area contributed by atoms with Gasteiger partial charge in [-0.1, -0.05) is 6.07 Å². The van der Waals surface area contributed by atoms with Crippen molar-refractivity contribution < 1.29 is 17.9 Å². The summed E-state index contributed by atoms with van der Waals surface area (Å²) in [6.07, 6.45) is 3.31. The van der Waals surface area contributed by atoms with E-state index in [0.717, 1.165) is 54.0 Å². The molecule has 9 heteroatoms. The van der Waals surface area contributed by atoms with Crippen LogP contribution in [0.5, 0.6) is 5.75 Å². The lowest BCUT2D eigenvalue weighted by Gasteiger charge is -2.28. The molecule has 0 saturated heterocycles. The minimum Gasteiger partial charge on any atom is -0.406 e. The van der Waals surface area contributed by atoms with E-state index in [1.807, 2.05) is 30.5 Å². The summed E-state index contributed by atoms with van der Waals surface area (Å²) < 4.78 is 40.9. The van der Waals surface area contributed by atoms with Crippen molar-refractivity contribution in [2.24, 2.45) is 0 Å². The van der Waals surface area contributed by atoms with Crippen LogP contribution in [0.2, 0.25) is 0 Å². The van der Waals surface area contributed by atoms with Gasteiger partial charge < -0.3 is 4.74 Å². The molecule has 1 aliphatic heterocycles. The van der Waals surface area contributed by atoms with Crippen molar-refractivity contribution in [1.29, 1.82) is 0 Å². The van der Waals surface area contributed by atoms with Crippen LogP contribution >= 0.6 is 0 Å². The minimum atomic E-state index is -4.70. The fourth-order valence-electron chi connectivity index (χ4n) is 3.92. The van der Waals surface area contributed by atoms with E-state index in [1.165, 1.54) is 12.1 Å². The summed E-state index contributed by atoms with van der Waals surface area (Å²) in [7, 11) is 0. The fourth-order valence-corrected chi connectivity index (χ4v) is 3.92. The zero-order valence-electron chi connectivity index (χ0n) is 18.0. The van der Waals surface area contributed by atoms with E-state index < -0.39 is 6.36 Å². The maximum atomic E-state index is 12.3. The molecule has 3 aromatic heterocycles. The highest BCUT2D eigenvalue weighted by atomic mass is 19.4. The summed E-state index contributed by atoms with van der Waals surface area (Å²) >= 11 is 0. The molecule has 0 radical (unpaired) electrons. The first-order chi connectivity index (χ1) is 16.4. The number of hydrogen-bond acceptors (Lipinski definition) is 6. The summed E-state index contributed by atoms with van der Waals surface area (Å²) in [5.41, 5.74) is 5.54. The molecule has 0 N–H and O–H groups in total. The average molecular weight is 463 g/mol. The second-order valence-electron chi connectivity index (χ2n) is 7.99. The number of nitrogens with zero attached hydrogens (tertiary/aromatic N) is 5. The summed E-state index contributed by atoms with van der Waals surface area (Å²) in [4.78, 5) is 20.2. The van der Waals surface area contributed by atoms with E-state index >= 15 is 0 Å². The molecule has 0 spiro atoms. The standard InChI is InChI=1S/C25H20F3N5O/c26-25(27,28)34-21-6-4-18(5-7-21)22-8-3-17(12-30-22)15-33-11-9-23-20(16-33)14-31-24(32-23)19-2-1-10-29-13-19/h1-8,10,12-14H,9,11,15-16H2. The summed E-state index contributed by atoms with van der Waals surface area (Å²) in [6, 6.07) is 13.4. The third kappa shape index (κ3) is 5.20. The molecule has 1 aliphatic rings. The van der Waals surface area contributed by atoms with Gasteiger partial charge in [0.05, 0.1) is 11.4 Å². The number of halogens is 3. The molecule has 0 aliphatic carbocycles. The van der Waals surface area contributed by atoms with Crippen LogP contribution in [-0.2, 0) is 19.5 Å². The first-order valence-electron chi connectivity index (χ1n) is 10.7. The maximum Gasteiger partial charge on any atom is 0.573 e. The van der Waals surface area contributed by atoms with E-state index in [9.17, 15) is 13.2 Å². The molecule has 0 unspecified atom stereocenters. The van der Waals surface area contributed by atoms with Crippen molar-refractivity contribution in [3.63, 3.8) is 0 Å². The maximum absolute atomic E-state index is 12.3. The number of ether oxygens (including phenoxy) is 1. The molecular formula is C25H20F3N5O. The van der Waals surface area contributed by atoms with Gasteiger partial charge in [0.15, 0.2) is 5.82 Å². The van der Waals surface area contributed by atoms with E-state index in [2.05, 4.69) is 24.6 Å². The number of pyridine rings is 2. The molecule has 0 bridgehead atoms. The number of rotatable bonds is 5. The van der Waals surface area contributed by atoms with Gasteiger partial charge in [-0.15, -0.1) is 13.2 Å². The van der Waals surface area contributed by atoms with E-state index in [4.69, 9.17) is 4.98 Å². The van der Waals surface area contributed by atoms with Gasteiger partial charge >= 0.3 is 6.36 Å². The predicted molar refractivity (Wildman–Crippen MR) is 119 cm³/mol. The zero-order valence-corrected chi connectivity index (χ0v) is 18.0. The number of fused-ring (bicyclic) bond motifs is 1. The van der Waals surface area contributed by atoms with Crippen molar-refractivity contribution in [1.82, 2.24) is 24.8 Å². The molecule has 0 amide bonds. The van der Waals surface area contributed by atoms with Crippen molar-refractivity contribution in [3.8, 4) is 28.4 Å². The second kappa shape index (κ2) is 9.18. The first kappa shape index (κ1) is 22.0. The smallest absolute Gasteiger partial charge is 0.406 e. The molecular weight excluding hydrogens is 443 g/mol. The number of alkyl halides is 3. The summed E-state index contributed by atoms with van der Waals surface area (Å²) in [5, 5.41) is 0. The molecule has 0 atom stereocenters. The highest BCUT2D eigenvalue weighted by molar-refractivity contribution is 5.60. The van der Waals surface area contributed by atoms with Crippen molar-refractivity contribution >= 4 is 0 Å². The Bertz CT molecular complexity index is 1260. The molecule has 0 fully saturated rings. The lowest BCUT2D eigenvalue weighted by atomic mass is 10.1. The van der Waals surface area contributed by atoms with Gasteiger partial charge in [-0.2, -0.15) is 0 Å². The van der Waals surface area contributed by atoms with Crippen LogP contribution in [0.25, 0.3) is 22.6 Å². The van der Waals surface area contributed by atoms with E-state index in [0.29, 0.717) is 11.5 Å². The minimum absolute atomic E-state index is 0.255. The Morgan fingerprint density at radius 3 is 2.47 bits per heavy atom. The SMILES string of the molecule is FC(F)(F)Oc1ccc(-c2ccc(CN3CCc4nc(-c5cccnc5)ncc4C3)cn2)cc1. The van der Waals surface area contributed by atoms with Crippen LogP contribution < -0.4 is 4.74 Å². The Morgan fingerprint density at radius 1 is 0.912 bits per heavy atom. The third-order valence-electron chi connectivity index (χ3n) is 5.55. The van der Waals surface area contributed by atoms with Gasteiger partial charge in [0.2, 0.25) is 0 Å². The first-order valence-corrected chi connectivity index (χ1v) is 10.7. The Labute approximate surface area is 194 Å². The van der Waals surface area contributed by atoms with Crippen LogP contribution in [0.1, 0.15) is 16.8 Å². The molecule has 4 aromatic rings. The molecule has 6 nitrogen and oxygen atoms in total. The third-order valence-corrected chi connectivity index (χ3v) is 5.55. The van der Waals surface area contributed by atoms with Gasteiger partial charge in [-0.25, -0.2) is 9.97 Å².